The van der Waals surface area contributed by atoms with E-state index in [0.29, 0.717) is 35.3 Å². The molecule has 3 rings (SSSR count). The van der Waals surface area contributed by atoms with E-state index in [2.05, 4.69) is 10.6 Å². The number of ether oxygens (including phenoxy) is 1. The summed E-state index contributed by atoms with van der Waals surface area (Å²) in [6.07, 6.45) is 0.558. The average Bonchev–Trinajstić information content (AvgIpc) is 2.99. The fourth-order valence-electron chi connectivity index (χ4n) is 2.73. The third-order valence-corrected chi connectivity index (χ3v) is 4.84. The monoisotopic (exact) mass is 394 g/mol. The number of fused-ring (bicyclic) bond motifs is 1. The van der Waals surface area contributed by atoms with E-state index >= 15 is 0 Å². The highest BCUT2D eigenvalue weighted by atomic mass is 35.5. The lowest BCUT2D eigenvalue weighted by molar-refractivity contribution is -0.115. The number of aliphatic hydroxyl groups is 1. The number of benzene rings is 2. The van der Waals surface area contributed by atoms with Crippen LogP contribution in [0.5, 0.6) is 5.75 Å². The summed E-state index contributed by atoms with van der Waals surface area (Å²) >= 11 is 11.9. The number of carbonyl (C=O) groups excluding carboxylic acids is 1. The summed E-state index contributed by atoms with van der Waals surface area (Å²) in [7, 11) is 0. The molecule has 0 radical (unpaired) electrons. The molecule has 5 nitrogen and oxygen atoms in total. The van der Waals surface area contributed by atoms with E-state index in [1.165, 1.54) is 0 Å². The van der Waals surface area contributed by atoms with Gasteiger partial charge in [-0.15, -0.1) is 0 Å². The minimum absolute atomic E-state index is 0.0108. The fraction of sp³-hybridized carbons (Fsp3) is 0.316. The second-order valence-corrected chi connectivity index (χ2v) is 7.03. The van der Waals surface area contributed by atoms with E-state index in [1.54, 1.807) is 12.1 Å². The lowest BCUT2D eigenvalue weighted by Crippen LogP contribution is -2.32. The summed E-state index contributed by atoms with van der Waals surface area (Å²) in [5.41, 5.74) is 2.83. The van der Waals surface area contributed by atoms with Crippen molar-refractivity contribution in [2.24, 2.45) is 0 Å². The van der Waals surface area contributed by atoms with Crippen molar-refractivity contribution < 1.29 is 14.6 Å². The van der Waals surface area contributed by atoms with Gasteiger partial charge in [-0.05, 0) is 42.3 Å². The Labute approximate surface area is 162 Å². The molecule has 7 heteroatoms. The predicted molar refractivity (Wildman–Crippen MR) is 103 cm³/mol. The van der Waals surface area contributed by atoms with Gasteiger partial charge < -0.3 is 20.5 Å². The van der Waals surface area contributed by atoms with Crippen molar-refractivity contribution in [3.05, 3.63) is 57.6 Å². The largest absolute Gasteiger partial charge is 0.491 e. The molecule has 26 heavy (non-hydrogen) atoms. The number of hydrogen-bond acceptors (Lipinski definition) is 4. The summed E-state index contributed by atoms with van der Waals surface area (Å²) in [6.45, 7) is 1.30. The first-order valence-electron chi connectivity index (χ1n) is 8.39. The Bertz CT molecular complexity index is 798. The highest BCUT2D eigenvalue weighted by molar-refractivity contribution is 6.42. The Morgan fingerprint density at radius 3 is 2.85 bits per heavy atom. The number of hydrogen-bond donors (Lipinski definition) is 3. The highest BCUT2D eigenvalue weighted by Crippen LogP contribution is 2.27. The number of nitrogens with one attached hydrogen (secondary N) is 2. The van der Waals surface area contributed by atoms with Crippen LogP contribution < -0.4 is 15.4 Å². The van der Waals surface area contributed by atoms with Crippen molar-refractivity contribution in [2.75, 3.05) is 25.0 Å². The Kier molecular flexibility index (Phi) is 6.38. The number of halogens is 2. The van der Waals surface area contributed by atoms with Crippen molar-refractivity contribution >= 4 is 34.8 Å². The van der Waals surface area contributed by atoms with E-state index < -0.39 is 6.10 Å². The van der Waals surface area contributed by atoms with Crippen LogP contribution in [0.2, 0.25) is 10.0 Å². The molecule has 1 aliphatic heterocycles. The maximum Gasteiger partial charge on any atom is 0.228 e. The minimum atomic E-state index is -0.633. The molecule has 2 aromatic rings. The zero-order chi connectivity index (χ0) is 18.5. The topological polar surface area (TPSA) is 70.6 Å². The zero-order valence-electron chi connectivity index (χ0n) is 14.1. The second-order valence-electron chi connectivity index (χ2n) is 6.21. The molecular formula is C19H20Cl2N2O3. The van der Waals surface area contributed by atoms with Crippen LogP contribution in [0.15, 0.2) is 36.4 Å². The first-order valence-corrected chi connectivity index (χ1v) is 9.15. The summed E-state index contributed by atoms with van der Waals surface area (Å²) in [6, 6.07) is 11.0. The van der Waals surface area contributed by atoms with Crippen molar-refractivity contribution in [1.82, 2.24) is 5.32 Å². The molecule has 3 N–H and O–H groups in total. The van der Waals surface area contributed by atoms with Crippen LogP contribution in [0.4, 0.5) is 5.69 Å². The minimum Gasteiger partial charge on any atom is -0.491 e. The van der Waals surface area contributed by atoms with Crippen LogP contribution >= 0.6 is 23.2 Å². The quantitative estimate of drug-likeness (QED) is 0.601. The van der Waals surface area contributed by atoms with Gasteiger partial charge in [0.1, 0.15) is 18.5 Å². The van der Waals surface area contributed by atoms with Crippen LogP contribution in [0.3, 0.4) is 0 Å². The van der Waals surface area contributed by atoms with Crippen LogP contribution in [0.25, 0.3) is 0 Å². The predicted octanol–water partition coefficient (Wildman–Crippen LogP) is 3.06. The van der Waals surface area contributed by atoms with Gasteiger partial charge in [0.25, 0.3) is 0 Å². The SMILES string of the molecule is O=C1Cc2ccc(OC[C@@H](O)CNCCc3ccc(Cl)c(Cl)c3)cc2N1. The number of carbonyl (C=O) groups is 1. The molecule has 1 amide bonds. The number of amides is 1. The van der Waals surface area contributed by atoms with Crippen LogP contribution in [-0.4, -0.2) is 36.8 Å². The van der Waals surface area contributed by atoms with E-state index in [9.17, 15) is 9.90 Å². The molecule has 0 spiro atoms. The summed E-state index contributed by atoms with van der Waals surface area (Å²) in [5.74, 6) is 0.615. The van der Waals surface area contributed by atoms with Crippen LogP contribution in [0.1, 0.15) is 11.1 Å². The maximum atomic E-state index is 11.3. The van der Waals surface area contributed by atoms with Crippen LogP contribution in [0, 0.1) is 0 Å². The van der Waals surface area contributed by atoms with Gasteiger partial charge in [0, 0.05) is 18.3 Å². The Morgan fingerprint density at radius 1 is 1.19 bits per heavy atom. The van der Waals surface area contributed by atoms with Crippen molar-refractivity contribution in [2.45, 2.75) is 18.9 Å². The van der Waals surface area contributed by atoms with Crippen molar-refractivity contribution in [1.29, 1.82) is 0 Å². The lowest BCUT2D eigenvalue weighted by Gasteiger charge is -2.14. The van der Waals surface area contributed by atoms with E-state index in [0.717, 1.165) is 23.2 Å². The van der Waals surface area contributed by atoms with E-state index in [1.807, 2.05) is 24.3 Å². The Hall–Kier alpha value is -1.79. The summed E-state index contributed by atoms with van der Waals surface area (Å²) < 4.78 is 5.60. The third kappa shape index (κ3) is 5.11. The molecule has 1 aliphatic rings. The zero-order valence-corrected chi connectivity index (χ0v) is 15.6. The molecule has 0 aliphatic carbocycles. The molecule has 2 aromatic carbocycles. The Morgan fingerprint density at radius 2 is 2.04 bits per heavy atom. The normalized spacial score (nSPS) is 14.0. The number of rotatable bonds is 8. The molecule has 0 bridgehead atoms. The van der Waals surface area contributed by atoms with Gasteiger partial charge in [-0.1, -0.05) is 35.3 Å². The molecule has 0 fully saturated rings. The van der Waals surface area contributed by atoms with Gasteiger partial charge in [0.2, 0.25) is 5.91 Å². The van der Waals surface area contributed by atoms with Gasteiger partial charge in [-0.2, -0.15) is 0 Å². The summed E-state index contributed by atoms with van der Waals surface area (Å²) in [5, 5.41) is 17.1. The standard InChI is InChI=1S/C19H20Cl2N2O3/c20-16-4-1-12(7-17(16)21)5-6-22-10-14(24)11-26-15-3-2-13-8-19(25)23-18(13)9-15/h1-4,7,9,14,22,24H,5-6,8,10-11H2,(H,23,25)/t14-/m0/s1. The smallest absolute Gasteiger partial charge is 0.228 e. The fourth-order valence-corrected chi connectivity index (χ4v) is 3.05. The molecule has 1 heterocycles. The van der Waals surface area contributed by atoms with Gasteiger partial charge in [0.15, 0.2) is 0 Å². The van der Waals surface area contributed by atoms with Crippen LogP contribution in [-0.2, 0) is 17.6 Å². The van der Waals surface area contributed by atoms with Crippen molar-refractivity contribution in [3.63, 3.8) is 0 Å². The molecule has 0 saturated carbocycles. The van der Waals surface area contributed by atoms with Crippen molar-refractivity contribution in [3.8, 4) is 5.75 Å². The molecule has 138 valence electrons. The highest BCUT2D eigenvalue weighted by Gasteiger charge is 2.18. The number of aliphatic hydroxyl groups excluding tert-OH is 1. The number of anilines is 1. The Balaban J connectivity index is 1.37. The van der Waals surface area contributed by atoms with E-state index in [-0.39, 0.29) is 12.5 Å². The van der Waals surface area contributed by atoms with Gasteiger partial charge >= 0.3 is 0 Å². The first-order chi connectivity index (χ1) is 12.5. The lowest BCUT2D eigenvalue weighted by atomic mass is 10.1. The first kappa shape index (κ1) is 19.0. The van der Waals surface area contributed by atoms with E-state index in [4.69, 9.17) is 27.9 Å². The maximum absolute atomic E-state index is 11.3. The summed E-state index contributed by atoms with van der Waals surface area (Å²) in [4.78, 5) is 11.3. The molecule has 1 atom stereocenters. The molecular weight excluding hydrogens is 375 g/mol. The van der Waals surface area contributed by atoms with Gasteiger partial charge in [-0.3, -0.25) is 4.79 Å². The molecule has 0 aromatic heterocycles. The second kappa shape index (κ2) is 8.73. The molecule has 0 unspecified atom stereocenters. The van der Waals surface area contributed by atoms with Gasteiger partial charge in [-0.25, -0.2) is 0 Å². The third-order valence-electron chi connectivity index (χ3n) is 4.10. The average molecular weight is 395 g/mol. The van der Waals surface area contributed by atoms with Gasteiger partial charge in [0.05, 0.1) is 16.5 Å². The molecule has 0 saturated heterocycles.